The highest BCUT2D eigenvalue weighted by atomic mass is 32.2. The molecular formula is C14H23N3S2. The summed E-state index contributed by atoms with van der Waals surface area (Å²) < 4.78 is 0. The molecule has 2 rings (SSSR count). The molecular weight excluding hydrogens is 274 g/mol. The monoisotopic (exact) mass is 297 g/mol. The number of thioether (sulfide) groups is 1. The highest BCUT2D eigenvalue weighted by molar-refractivity contribution is 7.99. The van der Waals surface area contributed by atoms with E-state index < -0.39 is 0 Å². The Hall–Kier alpha value is -0.680. The number of guanidine groups is 1. The topological polar surface area (TPSA) is 36.4 Å². The molecule has 0 radical (unpaired) electrons. The van der Waals surface area contributed by atoms with Crippen LogP contribution >= 0.6 is 23.1 Å². The second kappa shape index (κ2) is 8.48. The molecule has 0 amide bonds. The molecule has 2 heterocycles. The zero-order chi connectivity index (χ0) is 13.3. The SMILES string of the molecule is CCNC(=NCc1ccsc1)NCC1CCSCC1. The summed E-state index contributed by atoms with van der Waals surface area (Å²) >= 11 is 3.81. The van der Waals surface area contributed by atoms with Crippen LogP contribution in [-0.4, -0.2) is 30.6 Å². The Balaban J connectivity index is 1.79. The first-order chi connectivity index (χ1) is 9.38. The molecule has 1 aliphatic rings. The van der Waals surface area contributed by atoms with Crippen molar-refractivity contribution in [1.82, 2.24) is 10.6 Å². The van der Waals surface area contributed by atoms with Crippen molar-refractivity contribution in [2.24, 2.45) is 10.9 Å². The van der Waals surface area contributed by atoms with Crippen molar-refractivity contribution in [2.75, 3.05) is 24.6 Å². The van der Waals surface area contributed by atoms with Gasteiger partial charge in [0, 0.05) is 13.1 Å². The van der Waals surface area contributed by atoms with Crippen LogP contribution in [0.4, 0.5) is 0 Å². The second-order valence-corrected chi connectivity index (χ2v) is 6.77. The van der Waals surface area contributed by atoms with Crippen LogP contribution in [0.2, 0.25) is 0 Å². The van der Waals surface area contributed by atoms with Gasteiger partial charge >= 0.3 is 0 Å². The third-order valence-corrected chi connectivity index (χ3v) is 5.02. The van der Waals surface area contributed by atoms with Crippen molar-refractivity contribution < 1.29 is 0 Å². The predicted molar refractivity (Wildman–Crippen MR) is 87.2 cm³/mol. The molecule has 5 heteroatoms. The van der Waals surface area contributed by atoms with Crippen LogP contribution < -0.4 is 10.6 Å². The Morgan fingerprint density at radius 1 is 1.37 bits per heavy atom. The molecule has 1 fully saturated rings. The van der Waals surface area contributed by atoms with Crippen LogP contribution in [0.25, 0.3) is 0 Å². The van der Waals surface area contributed by atoms with E-state index in [0.717, 1.165) is 31.5 Å². The van der Waals surface area contributed by atoms with Gasteiger partial charge in [0.1, 0.15) is 0 Å². The molecule has 0 aliphatic carbocycles. The molecule has 1 saturated heterocycles. The van der Waals surface area contributed by atoms with Crippen molar-refractivity contribution in [1.29, 1.82) is 0 Å². The van der Waals surface area contributed by atoms with E-state index in [4.69, 9.17) is 0 Å². The third-order valence-electron chi connectivity index (χ3n) is 3.24. The first kappa shape index (κ1) is 14.7. The number of aliphatic imine (C=N–C) groups is 1. The molecule has 106 valence electrons. The quantitative estimate of drug-likeness (QED) is 0.648. The molecule has 1 aliphatic heterocycles. The summed E-state index contributed by atoms with van der Waals surface area (Å²) in [5, 5.41) is 11.1. The lowest BCUT2D eigenvalue weighted by molar-refractivity contribution is 0.479. The molecule has 0 bridgehead atoms. The van der Waals surface area contributed by atoms with Crippen LogP contribution in [0.15, 0.2) is 21.8 Å². The number of rotatable bonds is 5. The van der Waals surface area contributed by atoms with Crippen molar-refractivity contribution in [3.8, 4) is 0 Å². The van der Waals surface area contributed by atoms with Gasteiger partial charge in [-0.2, -0.15) is 23.1 Å². The summed E-state index contributed by atoms with van der Waals surface area (Å²) in [6.45, 7) is 4.84. The number of nitrogens with one attached hydrogen (secondary N) is 2. The van der Waals surface area contributed by atoms with E-state index >= 15 is 0 Å². The molecule has 1 aromatic rings. The maximum Gasteiger partial charge on any atom is 0.191 e. The number of hydrogen-bond donors (Lipinski definition) is 2. The van der Waals surface area contributed by atoms with Gasteiger partial charge in [0.05, 0.1) is 6.54 Å². The Kier molecular flexibility index (Phi) is 6.57. The first-order valence-electron chi connectivity index (χ1n) is 6.99. The van der Waals surface area contributed by atoms with E-state index in [9.17, 15) is 0 Å². The van der Waals surface area contributed by atoms with Crippen molar-refractivity contribution in [3.63, 3.8) is 0 Å². The maximum absolute atomic E-state index is 4.64. The normalized spacial score (nSPS) is 17.4. The van der Waals surface area contributed by atoms with Crippen LogP contribution in [0, 0.1) is 5.92 Å². The fraction of sp³-hybridized carbons (Fsp3) is 0.643. The van der Waals surface area contributed by atoms with Gasteiger partial charge in [0.15, 0.2) is 5.96 Å². The average Bonchev–Trinajstić information content (AvgIpc) is 2.96. The number of nitrogens with zero attached hydrogens (tertiary/aromatic N) is 1. The molecule has 0 aromatic carbocycles. The standard InChI is InChI=1S/C14H23N3S2/c1-2-15-14(17-10-13-5-8-19-11-13)16-9-12-3-6-18-7-4-12/h5,8,11-12H,2-4,6-7,9-10H2,1H3,(H2,15,16,17). The summed E-state index contributed by atoms with van der Waals surface area (Å²) in [6, 6.07) is 2.14. The molecule has 0 saturated carbocycles. The van der Waals surface area contributed by atoms with Crippen LogP contribution in [0.1, 0.15) is 25.3 Å². The van der Waals surface area contributed by atoms with Gasteiger partial charge in [-0.25, -0.2) is 4.99 Å². The van der Waals surface area contributed by atoms with E-state index in [0.29, 0.717) is 0 Å². The van der Waals surface area contributed by atoms with Gasteiger partial charge in [-0.15, -0.1) is 0 Å². The largest absolute Gasteiger partial charge is 0.357 e. The smallest absolute Gasteiger partial charge is 0.191 e. The lowest BCUT2D eigenvalue weighted by atomic mass is 10.0. The zero-order valence-electron chi connectivity index (χ0n) is 11.5. The summed E-state index contributed by atoms with van der Waals surface area (Å²) in [5.41, 5.74) is 1.29. The Morgan fingerprint density at radius 2 is 2.21 bits per heavy atom. The molecule has 1 aromatic heterocycles. The lowest BCUT2D eigenvalue weighted by Gasteiger charge is -2.22. The van der Waals surface area contributed by atoms with Gasteiger partial charge in [0.25, 0.3) is 0 Å². The third kappa shape index (κ3) is 5.45. The van der Waals surface area contributed by atoms with Crippen molar-refractivity contribution in [3.05, 3.63) is 22.4 Å². The van der Waals surface area contributed by atoms with E-state index in [1.165, 1.54) is 29.9 Å². The number of thiophene rings is 1. The first-order valence-corrected chi connectivity index (χ1v) is 9.09. The molecule has 2 N–H and O–H groups in total. The van der Waals surface area contributed by atoms with Crippen molar-refractivity contribution in [2.45, 2.75) is 26.3 Å². The van der Waals surface area contributed by atoms with Gasteiger partial charge in [-0.05, 0) is 59.6 Å². The Morgan fingerprint density at radius 3 is 2.89 bits per heavy atom. The Bertz CT molecular complexity index is 370. The molecule has 0 atom stereocenters. The summed E-state index contributed by atoms with van der Waals surface area (Å²) in [5.74, 6) is 4.39. The fourth-order valence-corrected chi connectivity index (χ4v) is 3.95. The molecule has 3 nitrogen and oxygen atoms in total. The van der Waals surface area contributed by atoms with Crippen LogP contribution in [0.3, 0.4) is 0 Å². The summed E-state index contributed by atoms with van der Waals surface area (Å²) in [6.07, 6.45) is 2.67. The van der Waals surface area contributed by atoms with Crippen LogP contribution in [-0.2, 0) is 6.54 Å². The average molecular weight is 297 g/mol. The lowest BCUT2D eigenvalue weighted by Crippen LogP contribution is -2.40. The van der Waals surface area contributed by atoms with E-state index in [1.807, 2.05) is 0 Å². The predicted octanol–water partition coefficient (Wildman–Crippen LogP) is 2.95. The van der Waals surface area contributed by atoms with Gasteiger partial charge in [-0.1, -0.05) is 0 Å². The molecule has 0 spiro atoms. The zero-order valence-corrected chi connectivity index (χ0v) is 13.2. The van der Waals surface area contributed by atoms with E-state index in [2.05, 4.69) is 51.1 Å². The van der Waals surface area contributed by atoms with E-state index in [1.54, 1.807) is 11.3 Å². The maximum atomic E-state index is 4.64. The highest BCUT2D eigenvalue weighted by Gasteiger charge is 2.13. The minimum absolute atomic E-state index is 0.763. The van der Waals surface area contributed by atoms with Gasteiger partial charge in [0.2, 0.25) is 0 Å². The minimum Gasteiger partial charge on any atom is -0.357 e. The summed E-state index contributed by atoms with van der Waals surface area (Å²) in [4.78, 5) is 4.64. The number of hydrogen-bond acceptors (Lipinski definition) is 3. The molecule has 0 unspecified atom stereocenters. The van der Waals surface area contributed by atoms with E-state index in [-0.39, 0.29) is 0 Å². The molecule has 19 heavy (non-hydrogen) atoms. The summed E-state index contributed by atoms with van der Waals surface area (Å²) in [7, 11) is 0. The van der Waals surface area contributed by atoms with Gasteiger partial charge in [-0.3, -0.25) is 0 Å². The Labute approximate surface area is 124 Å². The van der Waals surface area contributed by atoms with Crippen LogP contribution in [0.5, 0.6) is 0 Å². The second-order valence-electron chi connectivity index (χ2n) is 4.76. The highest BCUT2D eigenvalue weighted by Crippen LogP contribution is 2.21. The fourth-order valence-electron chi connectivity index (χ4n) is 2.09. The van der Waals surface area contributed by atoms with Gasteiger partial charge < -0.3 is 10.6 Å². The van der Waals surface area contributed by atoms with Crippen molar-refractivity contribution >= 4 is 29.1 Å². The minimum atomic E-state index is 0.763.